The topological polar surface area (TPSA) is 53.2 Å². The van der Waals surface area contributed by atoms with Gasteiger partial charge in [-0.1, -0.05) is 12.8 Å². The predicted octanol–water partition coefficient (Wildman–Crippen LogP) is 3.43. The molecule has 1 atom stereocenters. The van der Waals surface area contributed by atoms with Crippen molar-refractivity contribution >= 4 is 17.4 Å². The lowest BCUT2D eigenvalue weighted by molar-refractivity contribution is 0.254. The van der Waals surface area contributed by atoms with E-state index in [1.165, 1.54) is 25.7 Å². The van der Waals surface area contributed by atoms with Crippen molar-refractivity contribution in [2.24, 2.45) is 5.92 Å². The van der Waals surface area contributed by atoms with Crippen LogP contribution < -0.4 is 16.0 Å². The zero-order chi connectivity index (χ0) is 13.7. The molecule has 19 heavy (non-hydrogen) atoms. The Morgan fingerprint density at radius 3 is 2.32 bits per heavy atom. The molecule has 1 aliphatic carbocycles. The first-order chi connectivity index (χ1) is 9.19. The van der Waals surface area contributed by atoms with E-state index in [0.717, 1.165) is 17.3 Å². The van der Waals surface area contributed by atoms with Crippen LogP contribution in [0.4, 0.5) is 16.2 Å². The van der Waals surface area contributed by atoms with Gasteiger partial charge in [0.1, 0.15) is 0 Å². The molecule has 1 aromatic rings. The highest BCUT2D eigenvalue weighted by molar-refractivity contribution is 5.89. The number of amides is 2. The van der Waals surface area contributed by atoms with Crippen LogP contribution in [0.15, 0.2) is 24.3 Å². The number of nitrogens with one attached hydrogen (secondary N) is 3. The van der Waals surface area contributed by atoms with Gasteiger partial charge in [0.15, 0.2) is 0 Å². The monoisotopic (exact) mass is 261 g/mol. The fourth-order valence-corrected chi connectivity index (χ4v) is 2.68. The van der Waals surface area contributed by atoms with E-state index in [4.69, 9.17) is 0 Å². The van der Waals surface area contributed by atoms with Gasteiger partial charge in [0.25, 0.3) is 0 Å². The molecule has 4 heteroatoms. The van der Waals surface area contributed by atoms with Gasteiger partial charge in [-0.2, -0.15) is 0 Å². The minimum Gasteiger partial charge on any atom is -0.382 e. The number of carbonyl (C=O) groups excluding carboxylic acids is 1. The zero-order valence-electron chi connectivity index (χ0n) is 11.7. The van der Waals surface area contributed by atoms with Crippen molar-refractivity contribution in [3.05, 3.63) is 24.3 Å². The molecule has 1 aliphatic rings. The maximum atomic E-state index is 11.2. The lowest BCUT2D eigenvalue weighted by Gasteiger charge is -2.21. The molecule has 1 unspecified atom stereocenters. The Morgan fingerprint density at radius 2 is 1.74 bits per heavy atom. The molecule has 2 rings (SSSR count). The van der Waals surface area contributed by atoms with E-state index in [2.05, 4.69) is 22.9 Å². The van der Waals surface area contributed by atoms with Gasteiger partial charge in [-0.3, -0.25) is 0 Å². The molecule has 0 bridgehead atoms. The standard InChI is InChI=1S/C15H23N3O/c1-11(12-5-3-4-6-12)17-13-7-9-14(10-8-13)18-15(19)16-2/h7-12,17H,3-6H2,1-2H3,(H2,16,18,19). The SMILES string of the molecule is CNC(=O)Nc1ccc(NC(C)C2CCCC2)cc1. The van der Waals surface area contributed by atoms with Crippen molar-refractivity contribution in [3.63, 3.8) is 0 Å². The molecule has 0 saturated heterocycles. The van der Waals surface area contributed by atoms with Gasteiger partial charge in [-0.05, 0) is 49.9 Å². The van der Waals surface area contributed by atoms with Crippen LogP contribution in [0.1, 0.15) is 32.6 Å². The molecular weight excluding hydrogens is 238 g/mol. The first kappa shape index (κ1) is 13.7. The van der Waals surface area contributed by atoms with Gasteiger partial charge >= 0.3 is 6.03 Å². The van der Waals surface area contributed by atoms with Crippen molar-refractivity contribution in [2.75, 3.05) is 17.7 Å². The third-order valence-corrected chi connectivity index (χ3v) is 3.87. The first-order valence-electron chi connectivity index (χ1n) is 7.04. The average Bonchev–Trinajstić information content (AvgIpc) is 2.95. The second kappa shape index (κ2) is 6.45. The smallest absolute Gasteiger partial charge is 0.318 e. The Balaban J connectivity index is 1.89. The number of anilines is 2. The summed E-state index contributed by atoms with van der Waals surface area (Å²) < 4.78 is 0. The quantitative estimate of drug-likeness (QED) is 0.777. The van der Waals surface area contributed by atoms with Crippen LogP contribution in [0, 0.1) is 5.92 Å². The molecule has 4 nitrogen and oxygen atoms in total. The number of rotatable bonds is 4. The van der Waals surface area contributed by atoms with E-state index in [9.17, 15) is 4.79 Å². The van der Waals surface area contributed by atoms with E-state index in [0.29, 0.717) is 6.04 Å². The molecular formula is C15H23N3O. The van der Waals surface area contributed by atoms with Crippen molar-refractivity contribution in [2.45, 2.75) is 38.6 Å². The predicted molar refractivity (Wildman–Crippen MR) is 79.6 cm³/mol. The molecule has 0 radical (unpaired) electrons. The summed E-state index contributed by atoms with van der Waals surface area (Å²) in [5, 5.41) is 8.83. The maximum Gasteiger partial charge on any atom is 0.318 e. The third kappa shape index (κ3) is 3.88. The third-order valence-electron chi connectivity index (χ3n) is 3.87. The highest BCUT2D eigenvalue weighted by Gasteiger charge is 2.21. The molecule has 3 N–H and O–H groups in total. The summed E-state index contributed by atoms with van der Waals surface area (Å²) in [5.74, 6) is 0.795. The lowest BCUT2D eigenvalue weighted by Crippen LogP contribution is -2.25. The van der Waals surface area contributed by atoms with Crippen molar-refractivity contribution < 1.29 is 4.79 Å². The summed E-state index contributed by atoms with van der Waals surface area (Å²) in [6.45, 7) is 2.26. The Morgan fingerprint density at radius 1 is 1.16 bits per heavy atom. The lowest BCUT2D eigenvalue weighted by atomic mass is 9.99. The Hall–Kier alpha value is -1.71. The van der Waals surface area contributed by atoms with Crippen LogP contribution >= 0.6 is 0 Å². The fraction of sp³-hybridized carbons (Fsp3) is 0.533. The van der Waals surface area contributed by atoms with Gasteiger partial charge in [0, 0.05) is 24.5 Å². The maximum absolute atomic E-state index is 11.2. The molecule has 0 heterocycles. The van der Waals surface area contributed by atoms with Crippen LogP contribution in [-0.2, 0) is 0 Å². The van der Waals surface area contributed by atoms with Gasteiger partial charge in [0.2, 0.25) is 0 Å². The average molecular weight is 261 g/mol. The van der Waals surface area contributed by atoms with E-state index < -0.39 is 0 Å². The number of carbonyl (C=O) groups is 1. The van der Waals surface area contributed by atoms with Crippen LogP contribution in [0.25, 0.3) is 0 Å². The second-order valence-electron chi connectivity index (χ2n) is 5.26. The van der Waals surface area contributed by atoms with Crippen LogP contribution in [0.5, 0.6) is 0 Å². The van der Waals surface area contributed by atoms with Gasteiger partial charge in [-0.25, -0.2) is 4.79 Å². The van der Waals surface area contributed by atoms with E-state index in [1.807, 2.05) is 24.3 Å². The first-order valence-corrected chi connectivity index (χ1v) is 7.04. The van der Waals surface area contributed by atoms with Crippen LogP contribution in [0.3, 0.4) is 0 Å². The normalized spacial score (nSPS) is 16.9. The highest BCUT2D eigenvalue weighted by Crippen LogP contribution is 2.29. The number of benzene rings is 1. The molecule has 1 fully saturated rings. The molecule has 0 aromatic heterocycles. The van der Waals surface area contributed by atoms with E-state index in [-0.39, 0.29) is 6.03 Å². The van der Waals surface area contributed by atoms with Gasteiger partial charge in [0.05, 0.1) is 0 Å². The zero-order valence-corrected chi connectivity index (χ0v) is 11.7. The summed E-state index contributed by atoms with van der Waals surface area (Å²) in [5.41, 5.74) is 1.92. The summed E-state index contributed by atoms with van der Waals surface area (Å²) >= 11 is 0. The Kier molecular flexibility index (Phi) is 4.66. The van der Waals surface area contributed by atoms with Crippen molar-refractivity contribution in [1.82, 2.24) is 5.32 Å². The summed E-state index contributed by atoms with van der Waals surface area (Å²) in [6.07, 6.45) is 5.41. The van der Waals surface area contributed by atoms with Gasteiger partial charge in [-0.15, -0.1) is 0 Å². The molecule has 0 aliphatic heterocycles. The number of hydrogen-bond donors (Lipinski definition) is 3. The summed E-state index contributed by atoms with van der Waals surface area (Å²) in [7, 11) is 1.61. The summed E-state index contributed by atoms with van der Waals surface area (Å²) in [4.78, 5) is 11.2. The Bertz CT molecular complexity index is 410. The number of hydrogen-bond acceptors (Lipinski definition) is 2. The molecule has 104 valence electrons. The van der Waals surface area contributed by atoms with Gasteiger partial charge < -0.3 is 16.0 Å². The highest BCUT2D eigenvalue weighted by atomic mass is 16.2. The minimum atomic E-state index is -0.194. The minimum absolute atomic E-state index is 0.194. The molecule has 2 amide bonds. The largest absolute Gasteiger partial charge is 0.382 e. The van der Waals surface area contributed by atoms with E-state index >= 15 is 0 Å². The van der Waals surface area contributed by atoms with Crippen LogP contribution in [0.2, 0.25) is 0 Å². The van der Waals surface area contributed by atoms with E-state index in [1.54, 1.807) is 7.05 Å². The Labute approximate surface area is 115 Å². The molecule has 0 spiro atoms. The number of urea groups is 1. The van der Waals surface area contributed by atoms with Crippen molar-refractivity contribution in [1.29, 1.82) is 0 Å². The van der Waals surface area contributed by atoms with Crippen molar-refractivity contribution in [3.8, 4) is 0 Å². The molecule has 1 saturated carbocycles. The fourth-order valence-electron chi connectivity index (χ4n) is 2.68. The van der Waals surface area contributed by atoms with Crippen LogP contribution in [-0.4, -0.2) is 19.1 Å². The molecule has 1 aromatic carbocycles. The summed E-state index contributed by atoms with van der Waals surface area (Å²) in [6, 6.07) is 8.17. The second-order valence-corrected chi connectivity index (χ2v) is 5.26.